The number of hydrogen-bond donors (Lipinski definition) is 1. The number of rotatable bonds is 7. The molecule has 7 nitrogen and oxygen atoms in total. The SMILES string of the molecule is Cc1ccc(S(=O)(=O)N2CCCCCC2)cc1C(=O)NCc1cccc(CN2CCOCC2)c1. The summed E-state index contributed by atoms with van der Waals surface area (Å²) in [7, 11) is -3.61. The number of morpholine rings is 1. The number of benzene rings is 2. The van der Waals surface area contributed by atoms with Crippen molar-refractivity contribution in [1.82, 2.24) is 14.5 Å². The summed E-state index contributed by atoms with van der Waals surface area (Å²) in [6, 6.07) is 13.1. The molecule has 1 N–H and O–H groups in total. The third-order valence-corrected chi connectivity index (χ3v) is 8.51. The maximum Gasteiger partial charge on any atom is 0.251 e. The quantitative estimate of drug-likeness (QED) is 0.651. The Balaban J connectivity index is 1.42. The zero-order chi connectivity index (χ0) is 24.0. The van der Waals surface area contributed by atoms with Crippen molar-refractivity contribution in [3.8, 4) is 0 Å². The van der Waals surface area contributed by atoms with Crippen molar-refractivity contribution in [3.05, 3.63) is 64.7 Å². The van der Waals surface area contributed by atoms with Crippen LogP contribution in [0, 0.1) is 6.92 Å². The van der Waals surface area contributed by atoms with E-state index in [1.165, 1.54) is 11.6 Å². The van der Waals surface area contributed by atoms with Crippen LogP contribution in [0.15, 0.2) is 47.4 Å². The molecule has 0 radical (unpaired) electrons. The van der Waals surface area contributed by atoms with E-state index < -0.39 is 10.0 Å². The van der Waals surface area contributed by atoms with Crippen LogP contribution in [-0.2, 0) is 27.8 Å². The molecule has 0 saturated carbocycles. The molecule has 0 atom stereocenters. The maximum absolute atomic E-state index is 13.2. The Morgan fingerprint density at radius 3 is 2.38 bits per heavy atom. The number of sulfonamides is 1. The van der Waals surface area contributed by atoms with Gasteiger partial charge in [0.2, 0.25) is 10.0 Å². The first-order valence-electron chi connectivity index (χ1n) is 12.2. The van der Waals surface area contributed by atoms with Crippen LogP contribution in [0.3, 0.4) is 0 Å². The molecule has 0 bridgehead atoms. The van der Waals surface area contributed by atoms with Gasteiger partial charge in [-0.1, -0.05) is 43.2 Å². The Morgan fingerprint density at radius 1 is 0.941 bits per heavy atom. The van der Waals surface area contributed by atoms with Crippen molar-refractivity contribution >= 4 is 15.9 Å². The Labute approximate surface area is 203 Å². The van der Waals surface area contributed by atoms with Gasteiger partial charge in [0.1, 0.15) is 0 Å². The van der Waals surface area contributed by atoms with Gasteiger partial charge in [0.05, 0.1) is 18.1 Å². The van der Waals surface area contributed by atoms with Crippen molar-refractivity contribution in [1.29, 1.82) is 0 Å². The van der Waals surface area contributed by atoms with E-state index in [1.54, 1.807) is 16.4 Å². The van der Waals surface area contributed by atoms with Crippen molar-refractivity contribution in [2.75, 3.05) is 39.4 Å². The number of ether oxygens (including phenoxy) is 1. The van der Waals surface area contributed by atoms with Crippen molar-refractivity contribution in [3.63, 3.8) is 0 Å². The van der Waals surface area contributed by atoms with Gasteiger partial charge in [0.15, 0.2) is 0 Å². The fourth-order valence-electron chi connectivity index (χ4n) is 4.57. The molecule has 184 valence electrons. The zero-order valence-corrected chi connectivity index (χ0v) is 20.8. The third kappa shape index (κ3) is 6.24. The second kappa shape index (κ2) is 11.4. The average Bonchev–Trinajstić information content (AvgIpc) is 3.14. The molecule has 1 amide bonds. The van der Waals surface area contributed by atoms with E-state index in [0.29, 0.717) is 25.2 Å². The molecule has 0 aromatic heterocycles. The van der Waals surface area contributed by atoms with Gasteiger partial charge >= 0.3 is 0 Å². The van der Waals surface area contributed by atoms with E-state index in [-0.39, 0.29) is 10.8 Å². The normalized spacial score (nSPS) is 18.4. The molecule has 2 aromatic rings. The Bertz CT molecular complexity index is 1090. The molecule has 2 heterocycles. The first-order chi connectivity index (χ1) is 16.4. The van der Waals surface area contributed by atoms with Gasteiger partial charge in [-0.15, -0.1) is 0 Å². The standard InChI is InChI=1S/C26H35N3O4S/c1-21-9-10-24(34(31,32)29-11-4-2-3-5-12-29)18-25(21)26(30)27-19-22-7-6-8-23(17-22)20-28-13-15-33-16-14-28/h6-10,17-18H,2-5,11-16,19-20H2,1H3,(H,27,30). The molecule has 2 fully saturated rings. The first kappa shape index (κ1) is 24.9. The lowest BCUT2D eigenvalue weighted by Crippen LogP contribution is -2.35. The van der Waals surface area contributed by atoms with Gasteiger partial charge in [-0.25, -0.2) is 8.42 Å². The topological polar surface area (TPSA) is 79.0 Å². The lowest BCUT2D eigenvalue weighted by atomic mass is 10.1. The predicted octanol–water partition coefficient (Wildman–Crippen LogP) is 3.32. The smallest absolute Gasteiger partial charge is 0.251 e. The predicted molar refractivity (Wildman–Crippen MR) is 132 cm³/mol. The number of carbonyl (C=O) groups excluding carboxylic acids is 1. The maximum atomic E-state index is 13.2. The minimum atomic E-state index is -3.61. The van der Waals surface area contributed by atoms with Crippen LogP contribution in [0.2, 0.25) is 0 Å². The summed E-state index contributed by atoms with van der Waals surface area (Å²) in [6.07, 6.45) is 3.87. The van der Waals surface area contributed by atoms with Crippen LogP contribution in [0.1, 0.15) is 52.7 Å². The number of nitrogens with one attached hydrogen (secondary N) is 1. The largest absolute Gasteiger partial charge is 0.379 e. The molecule has 2 saturated heterocycles. The lowest BCUT2D eigenvalue weighted by Gasteiger charge is -2.26. The Morgan fingerprint density at radius 2 is 1.65 bits per heavy atom. The van der Waals surface area contributed by atoms with Crippen LogP contribution in [0.5, 0.6) is 0 Å². The van der Waals surface area contributed by atoms with Crippen molar-refractivity contribution in [2.45, 2.75) is 50.6 Å². The van der Waals surface area contributed by atoms with Gasteiger partial charge < -0.3 is 10.1 Å². The number of amides is 1. The lowest BCUT2D eigenvalue weighted by molar-refractivity contribution is 0.0342. The van der Waals surface area contributed by atoms with Crippen molar-refractivity contribution in [2.24, 2.45) is 0 Å². The molecule has 2 aliphatic rings. The summed E-state index contributed by atoms with van der Waals surface area (Å²) in [5, 5.41) is 2.97. The van der Waals surface area contributed by atoms with Gasteiger partial charge in [0, 0.05) is 44.8 Å². The zero-order valence-electron chi connectivity index (χ0n) is 20.0. The van der Waals surface area contributed by atoms with Gasteiger partial charge in [-0.2, -0.15) is 4.31 Å². The van der Waals surface area contributed by atoms with Crippen LogP contribution < -0.4 is 5.32 Å². The fourth-order valence-corrected chi connectivity index (χ4v) is 6.11. The monoisotopic (exact) mass is 485 g/mol. The average molecular weight is 486 g/mol. The molecule has 34 heavy (non-hydrogen) atoms. The first-order valence-corrected chi connectivity index (χ1v) is 13.6. The summed E-state index contributed by atoms with van der Waals surface area (Å²) in [5.41, 5.74) is 3.38. The van der Waals surface area contributed by atoms with E-state index >= 15 is 0 Å². The minimum Gasteiger partial charge on any atom is -0.379 e. The Kier molecular flexibility index (Phi) is 8.37. The van der Waals surface area contributed by atoms with E-state index in [0.717, 1.165) is 69.7 Å². The molecule has 2 aromatic carbocycles. The second-order valence-corrected chi connectivity index (χ2v) is 11.1. The molecular weight excluding hydrogens is 450 g/mol. The second-order valence-electron chi connectivity index (χ2n) is 9.19. The number of aryl methyl sites for hydroxylation is 1. The highest BCUT2D eigenvalue weighted by Gasteiger charge is 2.26. The third-order valence-electron chi connectivity index (χ3n) is 6.61. The molecule has 2 aliphatic heterocycles. The highest BCUT2D eigenvalue weighted by molar-refractivity contribution is 7.89. The van der Waals surface area contributed by atoms with Crippen molar-refractivity contribution < 1.29 is 17.9 Å². The summed E-state index contributed by atoms with van der Waals surface area (Å²) < 4.78 is 33.4. The highest BCUT2D eigenvalue weighted by atomic mass is 32.2. The number of hydrogen-bond acceptors (Lipinski definition) is 5. The highest BCUT2D eigenvalue weighted by Crippen LogP contribution is 2.23. The fraction of sp³-hybridized carbons (Fsp3) is 0.500. The molecule has 0 unspecified atom stereocenters. The molecule has 8 heteroatoms. The van der Waals surface area contributed by atoms with Crippen LogP contribution in [0.25, 0.3) is 0 Å². The summed E-state index contributed by atoms with van der Waals surface area (Å²) >= 11 is 0. The van der Waals surface area contributed by atoms with Gasteiger partial charge in [-0.05, 0) is 48.6 Å². The molecular formula is C26H35N3O4S. The minimum absolute atomic E-state index is 0.192. The van der Waals surface area contributed by atoms with Gasteiger partial charge in [0.25, 0.3) is 5.91 Å². The van der Waals surface area contributed by atoms with Crippen LogP contribution >= 0.6 is 0 Å². The number of carbonyl (C=O) groups is 1. The van der Waals surface area contributed by atoms with Crippen LogP contribution in [-0.4, -0.2) is 62.9 Å². The van der Waals surface area contributed by atoms with Gasteiger partial charge in [-0.3, -0.25) is 9.69 Å². The molecule has 4 rings (SSSR count). The van der Waals surface area contributed by atoms with Crippen LogP contribution in [0.4, 0.5) is 0 Å². The van der Waals surface area contributed by atoms with E-state index in [9.17, 15) is 13.2 Å². The molecule has 0 spiro atoms. The van der Waals surface area contributed by atoms with E-state index in [1.807, 2.05) is 19.1 Å². The number of nitrogens with zero attached hydrogens (tertiary/aromatic N) is 2. The summed E-state index contributed by atoms with van der Waals surface area (Å²) in [5.74, 6) is -0.260. The molecule has 0 aliphatic carbocycles. The summed E-state index contributed by atoms with van der Waals surface area (Å²) in [4.78, 5) is 15.6. The van der Waals surface area contributed by atoms with E-state index in [2.05, 4.69) is 22.3 Å². The Hall–Kier alpha value is -2.26. The summed E-state index contributed by atoms with van der Waals surface area (Å²) in [6.45, 7) is 7.55. The van der Waals surface area contributed by atoms with E-state index in [4.69, 9.17) is 4.74 Å².